The van der Waals surface area contributed by atoms with Gasteiger partial charge in [0.25, 0.3) is 0 Å². The van der Waals surface area contributed by atoms with Crippen LogP contribution in [0.15, 0.2) is 29.2 Å². The molecule has 7 heteroatoms. The van der Waals surface area contributed by atoms with Crippen LogP contribution in [0.5, 0.6) is 0 Å². The summed E-state index contributed by atoms with van der Waals surface area (Å²) >= 11 is 0. The van der Waals surface area contributed by atoms with Gasteiger partial charge in [-0.25, -0.2) is 13.2 Å². The number of hydrogen-bond donors (Lipinski definition) is 1. The van der Waals surface area contributed by atoms with Gasteiger partial charge in [-0.2, -0.15) is 0 Å². The minimum absolute atomic E-state index is 0.0456. The Morgan fingerprint density at radius 1 is 1.22 bits per heavy atom. The Morgan fingerprint density at radius 2 is 1.78 bits per heavy atom. The van der Waals surface area contributed by atoms with Crippen LogP contribution in [0.1, 0.15) is 39.3 Å². The summed E-state index contributed by atoms with van der Waals surface area (Å²) in [6.45, 7) is 7.19. The van der Waals surface area contributed by atoms with Crippen LogP contribution in [0.3, 0.4) is 0 Å². The molecule has 0 radical (unpaired) electrons. The minimum atomic E-state index is -3.24. The van der Waals surface area contributed by atoms with E-state index in [0.717, 1.165) is 5.56 Å². The molecule has 0 saturated heterocycles. The number of sulfone groups is 1. The van der Waals surface area contributed by atoms with Crippen LogP contribution in [-0.2, 0) is 19.3 Å². The highest BCUT2D eigenvalue weighted by atomic mass is 32.2. The Hall–Kier alpha value is -1.60. The molecule has 0 saturated carbocycles. The third-order valence-corrected chi connectivity index (χ3v) is 4.80. The first-order valence-electron chi connectivity index (χ1n) is 7.40. The summed E-state index contributed by atoms with van der Waals surface area (Å²) in [5, 5.41) is 2.73. The van der Waals surface area contributed by atoms with E-state index in [4.69, 9.17) is 9.47 Å². The molecular weight excluding hydrogens is 318 g/mol. The van der Waals surface area contributed by atoms with Crippen molar-refractivity contribution in [3.05, 3.63) is 29.8 Å². The summed E-state index contributed by atoms with van der Waals surface area (Å²) in [5.41, 5.74) is 0.147. The lowest BCUT2D eigenvalue weighted by molar-refractivity contribution is 0.0468. The topological polar surface area (TPSA) is 81.7 Å². The van der Waals surface area contributed by atoms with E-state index in [0.29, 0.717) is 0 Å². The van der Waals surface area contributed by atoms with Crippen LogP contribution in [0.2, 0.25) is 0 Å². The summed E-state index contributed by atoms with van der Waals surface area (Å²) < 4.78 is 34.0. The van der Waals surface area contributed by atoms with E-state index in [1.165, 1.54) is 19.2 Å². The third-order valence-electron chi connectivity index (χ3n) is 3.05. The smallest absolute Gasteiger partial charge is 0.408 e. The van der Waals surface area contributed by atoms with Crippen molar-refractivity contribution in [2.45, 2.75) is 44.2 Å². The van der Waals surface area contributed by atoms with Crippen molar-refractivity contribution in [1.82, 2.24) is 5.32 Å². The van der Waals surface area contributed by atoms with Gasteiger partial charge in [0.05, 0.1) is 23.3 Å². The molecule has 130 valence electrons. The molecule has 6 nitrogen and oxygen atoms in total. The number of methoxy groups -OCH3 is 1. The number of benzene rings is 1. The molecule has 23 heavy (non-hydrogen) atoms. The van der Waals surface area contributed by atoms with Crippen LogP contribution in [0.4, 0.5) is 4.79 Å². The lowest BCUT2D eigenvalue weighted by Gasteiger charge is -2.23. The molecule has 0 aromatic heterocycles. The Labute approximate surface area is 138 Å². The van der Waals surface area contributed by atoms with Gasteiger partial charge in [0, 0.05) is 7.11 Å². The maximum absolute atomic E-state index is 11.9. The Kier molecular flexibility index (Phi) is 6.58. The Bertz CT molecular complexity index is 617. The highest BCUT2D eigenvalue weighted by Crippen LogP contribution is 2.19. The van der Waals surface area contributed by atoms with Crippen molar-refractivity contribution < 1.29 is 22.7 Å². The van der Waals surface area contributed by atoms with Gasteiger partial charge in [-0.15, -0.1) is 0 Å². The van der Waals surface area contributed by atoms with Crippen molar-refractivity contribution in [2.24, 2.45) is 0 Å². The number of amides is 1. The first-order chi connectivity index (χ1) is 10.6. The fourth-order valence-corrected chi connectivity index (χ4v) is 2.80. The fourth-order valence-electron chi connectivity index (χ4n) is 1.91. The second-order valence-corrected chi connectivity index (χ2v) is 8.40. The standard InChI is InChI=1S/C16H25NO5S/c1-6-23(19,20)13-9-7-12(8-10-13)14(11-21-5)17-15(18)22-16(2,3)4/h7-10,14H,6,11H2,1-5H3,(H,17,18)/t14-/m0/s1. The van der Waals surface area contributed by atoms with E-state index in [2.05, 4.69) is 5.32 Å². The SMILES string of the molecule is CCS(=O)(=O)c1ccc([C@H](COC)NC(=O)OC(C)(C)C)cc1. The zero-order chi connectivity index (χ0) is 17.7. The van der Waals surface area contributed by atoms with Crippen LogP contribution >= 0.6 is 0 Å². The van der Waals surface area contributed by atoms with Gasteiger partial charge in [0.2, 0.25) is 0 Å². The van der Waals surface area contributed by atoms with E-state index < -0.39 is 27.6 Å². The van der Waals surface area contributed by atoms with Crippen LogP contribution in [0.25, 0.3) is 0 Å². The van der Waals surface area contributed by atoms with E-state index in [1.54, 1.807) is 39.8 Å². The van der Waals surface area contributed by atoms with E-state index in [1.807, 2.05) is 0 Å². The molecule has 1 atom stereocenters. The van der Waals surface area contributed by atoms with Gasteiger partial charge < -0.3 is 14.8 Å². The minimum Gasteiger partial charge on any atom is -0.444 e. The summed E-state index contributed by atoms with van der Waals surface area (Å²) in [7, 11) is -1.72. The van der Waals surface area contributed by atoms with E-state index in [9.17, 15) is 13.2 Å². The molecular formula is C16H25NO5S. The predicted octanol–water partition coefficient (Wildman–Crippen LogP) is 2.69. The first-order valence-corrected chi connectivity index (χ1v) is 9.05. The molecule has 1 amide bonds. The van der Waals surface area contributed by atoms with Crippen molar-refractivity contribution in [3.8, 4) is 0 Å². The summed E-state index contributed by atoms with van der Waals surface area (Å²) in [4.78, 5) is 12.2. The number of nitrogens with one attached hydrogen (secondary N) is 1. The molecule has 0 bridgehead atoms. The predicted molar refractivity (Wildman–Crippen MR) is 88.2 cm³/mol. The van der Waals surface area contributed by atoms with Crippen LogP contribution in [-0.4, -0.2) is 39.6 Å². The van der Waals surface area contributed by atoms with Crippen molar-refractivity contribution in [1.29, 1.82) is 0 Å². The Balaban J connectivity index is 2.92. The van der Waals surface area contributed by atoms with Gasteiger partial charge in [0.15, 0.2) is 9.84 Å². The maximum atomic E-state index is 11.9. The molecule has 0 heterocycles. The van der Waals surface area contributed by atoms with Crippen molar-refractivity contribution in [2.75, 3.05) is 19.5 Å². The summed E-state index contributed by atoms with van der Waals surface area (Å²) in [5.74, 6) is 0.0456. The highest BCUT2D eigenvalue weighted by molar-refractivity contribution is 7.91. The van der Waals surface area contributed by atoms with Gasteiger partial charge in [-0.3, -0.25) is 0 Å². The number of carbonyl (C=O) groups is 1. The zero-order valence-electron chi connectivity index (χ0n) is 14.3. The second-order valence-electron chi connectivity index (χ2n) is 6.13. The maximum Gasteiger partial charge on any atom is 0.408 e. The molecule has 0 spiro atoms. The second kappa shape index (κ2) is 7.79. The average molecular weight is 343 g/mol. The molecule has 0 aliphatic carbocycles. The molecule has 0 aliphatic rings. The van der Waals surface area contributed by atoms with Crippen LogP contribution < -0.4 is 5.32 Å². The zero-order valence-corrected chi connectivity index (χ0v) is 15.1. The largest absolute Gasteiger partial charge is 0.444 e. The molecule has 0 aliphatic heterocycles. The number of alkyl carbamates (subject to hydrolysis) is 1. The summed E-state index contributed by atoms with van der Waals surface area (Å²) in [6.07, 6.45) is -0.551. The lowest BCUT2D eigenvalue weighted by Crippen LogP contribution is -2.36. The normalized spacial score (nSPS) is 13.4. The van der Waals surface area contributed by atoms with E-state index >= 15 is 0 Å². The average Bonchev–Trinajstić information content (AvgIpc) is 2.45. The van der Waals surface area contributed by atoms with Gasteiger partial charge in [0.1, 0.15) is 5.60 Å². The van der Waals surface area contributed by atoms with Crippen molar-refractivity contribution in [3.63, 3.8) is 0 Å². The molecule has 1 rings (SSSR count). The van der Waals surface area contributed by atoms with Crippen molar-refractivity contribution >= 4 is 15.9 Å². The lowest BCUT2D eigenvalue weighted by atomic mass is 10.1. The molecule has 1 aromatic rings. The van der Waals surface area contributed by atoms with Gasteiger partial charge >= 0.3 is 6.09 Å². The quantitative estimate of drug-likeness (QED) is 0.859. The molecule has 1 aromatic carbocycles. The first kappa shape index (κ1) is 19.4. The number of hydrogen-bond acceptors (Lipinski definition) is 5. The highest BCUT2D eigenvalue weighted by Gasteiger charge is 2.21. The summed E-state index contributed by atoms with van der Waals surface area (Å²) in [6, 6.07) is 5.99. The molecule has 0 unspecified atom stereocenters. The number of ether oxygens (including phenoxy) is 2. The monoisotopic (exact) mass is 343 g/mol. The Morgan fingerprint density at radius 3 is 2.22 bits per heavy atom. The number of rotatable bonds is 6. The number of carbonyl (C=O) groups excluding carboxylic acids is 1. The van der Waals surface area contributed by atoms with Gasteiger partial charge in [-0.05, 0) is 38.5 Å². The molecule has 1 N–H and O–H groups in total. The van der Waals surface area contributed by atoms with Crippen LogP contribution in [0, 0.1) is 0 Å². The fraction of sp³-hybridized carbons (Fsp3) is 0.562. The molecule has 0 fully saturated rings. The van der Waals surface area contributed by atoms with E-state index in [-0.39, 0.29) is 17.3 Å². The third kappa shape index (κ3) is 6.19. The van der Waals surface area contributed by atoms with Gasteiger partial charge in [-0.1, -0.05) is 19.1 Å².